The standard InChI is InChI=1S/C11H14ClN3O3/c1-14(2)8-3-5-15(6-4-8)10(16)9(7-12)13-11(17)18/h3-6,9,13H,7H2,1-2H3/p+1/t9-/m0/s1. The Morgan fingerprint density at radius 2 is 2.00 bits per heavy atom. The van der Waals surface area contributed by atoms with Crippen LogP contribution in [0, 0.1) is 0 Å². The second-order valence-electron chi connectivity index (χ2n) is 3.85. The summed E-state index contributed by atoms with van der Waals surface area (Å²) < 4.78 is 1.30. The molecule has 0 aliphatic rings. The van der Waals surface area contributed by atoms with E-state index in [4.69, 9.17) is 16.7 Å². The zero-order chi connectivity index (χ0) is 13.7. The molecule has 98 valence electrons. The van der Waals surface area contributed by atoms with Crippen molar-refractivity contribution in [2.45, 2.75) is 6.04 Å². The van der Waals surface area contributed by atoms with E-state index in [9.17, 15) is 9.59 Å². The summed E-state index contributed by atoms with van der Waals surface area (Å²) in [5, 5.41) is 10.7. The Labute approximate surface area is 110 Å². The van der Waals surface area contributed by atoms with E-state index >= 15 is 0 Å². The number of anilines is 1. The molecule has 0 radical (unpaired) electrons. The highest BCUT2D eigenvalue weighted by Crippen LogP contribution is 2.06. The summed E-state index contributed by atoms with van der Waals surface area (Å²) in [4.78, 5) is 24.3. The molecule has 0 bridgehead atoms. The Morgan fingerprint density at radius 1 is 1.44 bits per heavy atom. The summed E-state index contributed by atoms with van der Waals surface area (Å²) in [5.41, 5.74) is 0.938. The summed E-state index contributed by atoms with van der Waals surface area (Å²) in [6.45, 7) is 0. The van der Waals surface area contributed by atoms with Gasteiger partial charge in [-0.3, -0.25) is 0 Å². The van der Waals surface area contributed by atoms with E-state index in [1.807, 2.05) is 19.0 Å². The molecule has 0 saturated heterocycles. The number of halogens is 1. The monoisotopic (exact) mass is 272 g/mol. The fourth-order valence-corrected chi connectivity index (χ4v) is 1.57. The van der Waals surface area contributed by atoms with Crippen LogP contribution >= 0.6 is 11.6 Å². The molecule has 0 fully saturated rings. The molecule has 1 atom stereocenters. The summed E-state index contributed by atoms with van der Waals surface area (Å²) in [6, 6.07) is 2.55. The van der Waals surface area contributed by atoms with Crippen LogP contribution in [-0.4, -0.2) is 43.1 Å². The SMILES string of the molecule is CN(C)c1cc[n+](C(=O)[C@H](CCl)NC(=O)O)cc1. The lowest BCUT2D eigenvalue weighted by molar-refractivity contribution is -0.575. The van der Waals surface area contributed by atoms with Gasteiger partial charge in [-0.25, -0.2) is 9.59 Å². The molecule has 0 aliphatic carbocycles. The molecule has 2 N–H and O–H groups in total. The molecule has 0 saturated carbocycles. The van der Waals surface area contributed by atoms with Crippen molar-refractivity contribution in [3.63, 3.8) is 0 Å². The van der Waals surface area contributed by atoms with Gasteiger partial charge in [0.1, 0.15) is 0 Å². The highest BCUT2D eigenvalue weighted by Gasteiger charge is 2.28. The van der Waals surface area contributed by atoms with Crippen molar-refractivity contribution in [2.24, 2.45) is 0 Å². The van der Waals surface area contributed by atoms with Crippen molar-refractivity contribution in [3.8, 4) is 0 Å². The third kappa shape index (κ3) is 3.59. The first-order valence-corrected chi connectivity index (χ1v) is 5.77. The van der Waals surface area contributed by atoms with E-state index < -0.39 is 18.0 Å². The highest BCUT2D eigenvalue weighted by molar-refractivity contribution is 6.19. The Morgan fingerprint density at radius 3 is 2.39 bits per heavy atom. The first kappa shape index (κ1) is 14.2. The van der Waals surface area contributed by atoms with Gasteiger partial charge < -0.3 is 15.3 Å². The number of alkyl halides is 1. The first-order valence-electron chi connectivity index (χ1n) is 5.24. The lowest BCUT2D eigenvalue weighted by atomic mass is 10.3. The predicted molar refractivity (Wildman–Crippen MR) is 67.3 cm³/mol. The van der Waals surface area contributed by atoms with Gasteiger partial charge in [0, 0.05) is 31.9 Å². The van der Waals surface area contributed by atoms with Gasteiger partial charge >= 0.3 is 12.0 Å². The van der Waals surface area contributed by atoms with Gasteiger partial charge in [0.05, 0.1) is 5.88 Å². The molecular weight excluding hydrogens is 258 g/mol. The zero-order valence-electron chi connectivity index (χ0n) is 10.1. The zero-order valence-corrected chi connectivity index (χ0v) is 10.9. The summed E-state index contributed by atoms with van der Waals surface area (Å²) in [5.74, 6) is -0.536. The van der Waals surface area contributed by atoms with Crippen LogP contribution in [0.4, 0.5) is 10.5 Å². The number of hydrogen-bond donors (Lipinski definition) is 2. The third-order valence-electron chi connectivity index (χ3n) is 2.33. The average Bonchev–Trinajstić information content (AvgIpc) is 2.35. The lowest BCUT2D eigenvalue weighted by Gasteiger charge is -2.11. The van der Waals surface area contributed by atoms with Crippen LogP contribution in [-0.2, 0) is 0 Å². The quantitative estimate of drug-likeness (QED) is 0.620. The molecule has 6 nitrogen and oxygen atoms in total. The molecule has 18 heavy (non-hydrogen) atoms. The Kier molecular flexibility index (Phi) is 4.91. The molecule has 1 rings (SSSR count). The number of pyridine rings is 1. The predicted octanol–water partition coefficient (Wildman–Crippen LogP) is 0.555. The summed E-state index contributed by atoms with van der Waals surface area (Å²) in [6.07, 6.45) is 1.86. The molecule has 1 heterocycles. The lowest BCUT2D eigenvalue weighted by Crippen LogP contribution is -2.55. The minimum atomic E-state index is -1.28. The number of carbonyl (C=O) groups is 2. The molecule has 0 unspecified atom stereocenters. The molecule has 1 aromatic rings. The van der Waals surface area contributed by atoms with Gasteiger partial charge in [-0.05, 0) is 0 Å². The molecule has 0 aromatic carbocycles. The Bertz CT molecular complexity index is 434. The first-order chi connectivity index (χ1) is 8.45. The Balaban J connectivity index is 2.85. The van der Waals surface area contributed by atoms with Gasteiger partial charge in [-0.2, -0.15) is 0 Å². The van der Waals surface area contributed by atoms with Crippen molar-refractivity contribution < 1.29 is 19.3 Å². The minimum Gasteiger partial charge on any atom is -0.465 e. The normalized spacial score (nSPS) is 11.7. The van der Waals surface area contributed by atoms with Gasteiger partial charge in [0.15, 0.2) is 18.4 Å². The van der Waals surface area contributed by atoms with E-state index in [1.165, 1.54) is 4.57 Å². The molecule has 7 heteroatoms. The second kappa shape index (κ2) is 6.20. The van der Waals surface area contributed by atoms with Crippen LogP contribution in [0.5, 0.6) is 0 Å². The van der Waals surface area contributed by atoms with E-state index in [-0.39, 0.29) is 5.88 Å². The van der Waals surface area contributed by atoms with E-state index in [1.54, 1.807) is 24.5 Å². The van der Waals surface area contributed by atoms with Crippen molar-refractivity contribution in [1.29, 1.82) is 0 Å². The number of carboxylic acid groups (broad SMARTS) is 1. The van der Waals surface area contributed by atoms with Crippen LogP contribution in [0.1, 0.15) is 4.79 Å². The summed E-state index contributed by atoms with van der Waals surface area (Å²) in [7, 11) is 3.77. The molecule has 0 spiro atoms. The van der Waals surface area contributed by atoms with Crippen molar-refractivity contribution in [2.75, 3.05) is 24.9 Å². The maximum Gasteiger partial charge on any atom is 0.415 e. The number of nitrogens with one attached hydrogen (secondary N) is 1. The van der Waals surface area contributed by atoms with Crippen molar-refractivity contribution >= 4 is 29.3 Å². The van der Waals surface area contributed by atoms with Crippen LogP contribution in [0.2, 0.25) is 0 Å². The highest BCUT2D eigenvalue weighted by atomic mass is 35.5. The number of aromatic nitrogens is 1. The van der Waals surface area contributed by atoms with E-state index in [0.717, 1.165) is 5.69 Å². The van der Waals surface area contributed by atoms with Gasteiger partial charge in [0.25, 0.3) is 0 Å². The Hall–Kier alpha value is -1.82. The molecule has 0 aliphatic heterocycles. The van der Waals surface area contributed by atoms with Gasteiger partial charge in [-0.15, -0.1) is 16.2 Å². The van der Waals surface area contributed by atoms with Crippen LogP contribution in [0.15, 0.2) is 24.5 Å². The van der Waals surface area contributed by atoms with Crippen LogP contribution in [0.25, 0.3) is 0 Å². The van der Waals surface area contributed by atoms with Gasteiger partial charge in [-0.1, -0.05) is 0 Å². The molecule has 1 aromatic heterocycles. The molecular formula is C11H15ClN3O3+. The number of nitrogens with zero attached hydrogens (tertiary/aromatic N) is 2. The number of carbonyl (C=O) groups excluding carboxylic acids is 1. The maximum absolute atomic E-state index is 11.9. The van der Waals surface area contributed by atoms with Gasteiger partial charge in [0.2, 0.25) is 0 Å². The average molecular weight is 273 g/mol. The van der Waals surface area contributed by atoms with Crippen molar-refractivity contribution in [1.82, 2.24) is 5.32 Å². The maximum atomic E-state index is 11.9. The van der Waals surface area contributed by atoms with Crippen LogP contribution in [0.3, 0.4) is 0 Å². The fraction of sp³-hybridized carbons (Fsp3) is 0.364. The largest absolute Gasteiger partial charge is 0.465 e. The van der Waals surface area contributed by atoms with E-state index in [0.29, 0.717) is 0 Å². The number of hydrogen-bond acceptors (Lipinski definition) is 3. The van der Waals surface area contributed by atoms with Crippen LogP contribution < -0.4 is 14.8 Å². The number of amides is 1. The topological polar surface area (TPSA) is 73.5 Å². The minimum absolute atomic E-state index is 0.117. The van der Waals surface area contributed by atoms with E-state index in [2.05, 4.69) is 5.32 Å². The smallest absolute Gasteiger partial charge is 0.415 e. The third-order valence-corrected chi connectivity index (χ3v) is 2.64. The summed E-state index contributed by atoms with van der Waals surface area (Å²) >= 11 is 5.57. The fourth-order valence-electron chi connectivity index (χ4n) is 1.36. The molecule has 1 amide bonds. The second-order valence-corrected chi connectivity index (χ2v) is 4.16. The van der Waals surface area contributed by atoms with Crippen molar-refractivity contribution in [3.05, 3.63) is 24.5 Å². The number of rotatable bonds is 4.